The summed E-state index contributed by atoms with van der Waals surface area (Å²) < 4.78 is 0. The van der Waals surface area contributed by atoms with E-state index in [0.29, 0.717) is 6.54 Å². The molecule has 1 saturated heterocycles. The van der Waals surface area contributed by atoms with Crippen LogP contribution in [-0.2, 0) is 16.1 Å². The van der Waals surface area contributed by atoms with E-state index in [4.69, 9.17) is 5.11 Å². The van der Waals surface area contributed by atoms with Crippen molar-refractivity contribution in [1.29, 1.82) is 0 Å². The predicted molar refractivity (Wildman–Crippen MR) is 75.2 cm³/mol. The third kappa shape index (κ3) is 2.79. The Morgan fingerprint density at radius 2 is 2.14 bits per heavy atom. The number of nitrogens with one attached hydrogen (secondary N) is 1. The zero-order chi connectivity index (χ0) is 14.8. The van der Waals surface area contributed by atoms with Gasteiger partial charge in [-0.05, 0) is 6.07 Å². The molecule has 108 valence electrons. The van der Waals surface area contributed by atoms with Gasteiger partial charge in [0.15, 0.2) is 0 Å². The summed E-state index contributed by atoms with van der Waals surface area (Å²) in [5.74, 6) is -1.65. The molecule has 2 aromatic rings. The molecule has 2 N–H and O–H groups in total. The third-order valence-corrected chi connectivity index (χ3v) is 3.63. The van der Waals surface area contributed by atoms with Crippen molar-refractivity contribution in [1.82, 2.24) is 15.1 Å². The first kappa shape index (κ1) is 13.4. The summed E-state index contributed by atoms with van der Waals surface area (Å²) >= 11 is 0. The fraction of sp³-hybridized carbons (Fsp3) is 0.267. The Labute approximate surface area is 121 Å². The van der Waals surface area contributed by atoms with Crippen molar-refractivity contribution in [2.24, 2.45) is 5.92 Å². The van der Waals surface area contributed by atoms with Gasteiger partial charge >= 0.3 is 5.97 Å². The van der Waals surface area contributed by atoms with E-state index in [1.54, 1.807) is 4.90 Å². The van der Waals surface area contributed by atoms with Crippen LogP contribution < -0.4 is 0 Å². The number of hydrogen-bond acceptors (Lipinski definition) is 3. The fourth-order valence-corrected chi connectivity index (χ4v) is 2.50. The number of carbonyl (C=O) groups excluding carboxylic acids is 1. The first-order valence-electron chi connectivity index (χ1n) is 6.74. The maximum atomic E-state index is 11.8. The summed E-state index contributed by atoms with van der Waals surface area (Å²) in [6.07, 6.45) is 0.0784. The van der Waals surface area contributed by atoms with Crippen LogP contribution in [0.4, 0.5) is 0 Å². The Morgan fingerprint density at radius 1 is 1.38 bits per heavy atom. The lowest BCUT2D eigenvalue weighted by Crippen LogP contribution is -2.25. The van der Waals surface area contributed by atoms with E-state index in [0.717, 1.165) is 17.0 Å². The van der Waals surface area contributed by atoms with Crippen molar-refractivity contribution >= 4 is 11.9 Å². The van der Waals surface area contributed by atoms with Crippen LogP contribution in [0.1, 0.15) is 12.1 Å². The van der Waals surface area contributed by atoms with Crippen LogP contribution in [0.3, 0.4) is 0 Å². The summed E-state index contributed by atoms with van der Waals surface area (Å²) in [4.78, 5) is 24.3. The highest BCUT2D eigenvalue weighted by atomic mass is 16.4. The molecule has 2 heterocycles. The number of aromatic nitrogens is 2. The van der Waals surface area contributed by atoms with Crippen LogP contribution in [0.25, 0.3) is 11.3 Å². The monoisotopic (exact) mass is 285 g/mol. The number of rotatable bonds is 4. The van der Waals surface area contributed by atoms with E-state index in [-0.39, 0.29) is 18.9 Å². The van der Waals surface area contributed by atoms with Gasteiger partial charge in [-0.15, -0.1) is 0 Å². The standard InChI is InChI=1S/C15H15N3O3/c19-14-6-11(15(20)21)8-18(14)9-12-7-13(17-16-12)10-4-2-1-3-5-10/h1-5,7,11H,6,8-9H2,(H,16,17)(H,20,21)/t11-/m0/s1. The third-order valence-electron chi connectivity index (χ3n) is 3.63. The molecule has 3 rings (SSSR count). The van der Waals surface area contributed by atoms with E-state index < -0.39 is 11.9 Å². The highest BCUT2D eigenvalue weighted by Gasteiger charge is 2.34. The topological polar surface area (TPSA) is 86.3 Å². The Hall–Kier alpha value is -2.63. The molecule has 0 unspecified atom stereocenters. The number of carbonyl (C=O) groups is 2. The average molecular weight is 285 g/mol. The van der Waals surface area contributed by atoms with Gasteiger partial charge in [0.1, 0.15) is 0 Å². The van der Waals surface area contributed by atoms with Crippen molar-refractivity contribution in [2.75, 3.05) is 6.54 Å². The molecule has 0 spiro atoms. The number of amides is 1. The number of aromatic amines is 1. The molecule has 1 atom stereocenters. The SMILES string of the molecule is O=C(O)[C@H]1CC(=O)N(Cc2cc(-c3ccccc3)n[nH]2)C1. The van der Waals surface area contributed by atoms with E-state index in [2.05, 4.69) is 10.2 Å². The number of H-pyrrole nitrogens is 1. The van der Waals surface area contributed by atoms with Crippen molar-refractivity contribution in [3.8, 4) is 11.3 Å². The molecule has 0 saturated carbocycles. The van der Waals surface area contributed by atoms with Gasteiger partial charge in [0.05, 0.1) is 23.9 Å². The highest BCUT2D eigenvalue weighted by molar-refractivity contribution is 5.86. The van der Waals surface area contributed by atoms with Gasteiger partial charge in [-0.2, -0.15) is 5.10 Å². The zero-order valence-electron chi connectivity index (χ0n) is 11.3. The molecule has 0 bridgehead atoms. The summed E-state index contributed by atoms with van der Waals surface area (Å²) in [6.45, 7) is 0.621. The van der Waals surface area contributed by atoms with Crippen molar-refractivity contribution in [3.63, 3.8) is 0 Å². The summed E-state index contributed by atoms with van der Waals surface area (Å²) in [5.41, 5.74) is 2.61. The number of hydrogen-bond donors (Lipinski definition) is 2. The maximum absolute atomic E-state index is 11.8. The van der Waals surface area contributed by atoms with Crippen LogP contribution in [0, 0.1) is 5.92 Å². The molecule has 1 aliphatic rings. The minimum Gasteiger partial charge on any atom is -0.481 e. The largest absolute Gasteiger partial charge is 0.481 e. The van der Waals surface area contributed by atoms with Crippen LogP contribution >= 0.6 is 0 Å². The first-order chi connectivity index (χ1) is 10.1. The molecular weight excluding hydrogens is 270 g/mol. The lowest BCUT2D eigenvalue weighted by molar-refractivity contribution is -0.141. The Bertz CT molecular complexity index is 666. The summed E-state index contributed by atoms with van der Waals surface area (Å²) in [7, 11) is 0. The van der Waals surface area contributed by atoms with Crippen molar-refractivity contribution < 1.29 is 14.7 Å². The van der Waals surface area contributed by atoms with Gasteiger partial charge in [-0.3, -0.25) is 14.7 Å². The van der Waals surface area contributed by atoms with Crippen LogP contribution in [0.5, 0.6) is 0 Å². The van der Waals surface area contributed by atoms with Crippen LogP contribution in [0.15, 0.2) is 36.4 Å². The molecule has 1 amide bonds. The second kappa shape index (κ2) is 5.40. The van der Waals surface area contributed by atoms with Gasteiger partial charge < -0.3 is 10.0 Å². The molecule has 1 aromatic heterocycles. The quantitative estimate of drug-likeness (QED) is 0.891. The first-order valence-corrected chi connectivity index (χ1v) is 6.74. The Morgan fingerprint density at radius 3 is 2.81 bits per heavy atom. The van der Waals surface area contributed by atoms with Crippen molar-refractivity contribution in [3.05, 3.63) is 42.1 Å². The van der Waals surface area contributed by atoms with Gasteiger partial charge in [0, 0.05) is 18.5 Å². The van der Waals surface area contributed by atoms with E-state index in [1.165, 1.54) is 0 Å². The zero-order valence-corrected chi connectivity index (χ0v) is 11.3. The van der Waals surface area contributed by atoms with Crippen LogP contribution in [0.2, 0.25) is 0 Å². The van der Waals surface area contributed by atoms with E-state index >= 15 is 0 Å². The van der Waals surface area contributed by atoms with E-state index in [1.807, 2.05) is 36.4 Å². The minimum absolute atomic E-state index is 0.0784. The number of benzene rings is 1. The summed E-state index contributed by atoms with van der Waals surface area (Å²) in [6, 6.07) is 11.6. The minimum atomic E-state index is -0.916. The number of nitrogens with zero attached hydrogens (tertiary/aromatic N) is 2. The molecular formula is C15H15N3O3. The number of aliphatic carboxylic acids is 1. The van der Waals surface area contributed by atoms with Gasteiger partial charge in [-0.1, -0.05) is 30.3 Å². The number of likely N-dealkylation sites (tertiary alicyclic amines) is 1. The molecule has 6 nitrogen and oxygen atoms in total. The Balaban J connectivity index is 1.71. The predicted octanol–water partition coefficient (Wildman–Crippen LogP) is 1.51. The molecule has 0 aliphatic carbocycles. The Kier molecular flexibility index (Phi) is 3.43. The number of carboxylic acids is 1. The smallest absolute Gasteiger partial charge is 0.308 e. The fourth-order valence-electron chi connectivity index (χ4n) is 2.50. The lowest BCUT2D eigenvalue weighted by Gasteiger charge is -2.14. The van der Waals surface area contributed by atoms with Gasteiger partial charge in [0.25, 0.3) is 0 Å². The van der Waals surface area contributed by atoms with Gasteiger partial charge in [0.2, 0.25) is 5.91 Å². The molecule has 21 heavy (non-hydrogen) atoms. The number of carboxylic acid groups (broad SMARTS) is 1. The molecule has 6 heteroatoms. The highest BCUT2D eigenvalue weighted by Crippen LogP contribution is 2.22. The van der Waals surface area contributed by atoms with E-state index in [9.17, 15) is 9.59 Å². The van der Waals surface area contributed by atoms with Gasteiger partial charge in [-0.25, -0.2) is 0 Å². The molecule has 1 fully saturated rings. The molecule has 1 aromatic carbocycles. The second-order valence-corrected chi connectivity index (χ2v) is 5.16. The van der Waals surface area contributed by atoms with Crippen LogP contribution in [-0.4, -0.2) is 38.6 Å². The maximum Gasteiger partial charge on any atom is 0.308 e. The summed E-state index contributed by atoms with van der Waals surface area (Å²) in [5, 5.41) is 16.1. The normalized spacial score (nSPS) is 18.2. The lowest BCUT2D eigenvalue weighted by atomic mass is 10.1. The molecule has 1 aliphatic heterocycles. The molecule has 0 radical (unpaired) electrons. The van der Waals surface area contributed by atoms with Crippen molar-refractivity contribution in [2.45, 2.75) is 13.0 Å². The average Bonchev–Trinajstić information content (AvgIpc) is 3.08. The second-order valence-electron chi connectivity index (χ2n) is 5.16.